The molecular weight excluding hydrogens is 517 g/mol. The number of pyridine rings is 1. The molecule has 0 amide bonds. The lowest BCUT2D eigenvalue weighted by atomic mass is 10.1. The summed E-state index contributed by atoms with van der Waals surface area (Å²) < 4.78 is 34.9. The first-order valence-electron chi connectivity index (χ1n) is 12.0. The Labute approximate surface area is 218 Å². The molecule has 12 heteroatoms. The van der Waals surface area contributed by atoms with Crippen LogP contribution >= 0.6 is 11.3 Å². The van der Waals surface area contributed by atoms with E-state index in [9.17, 15) is 18.5 Å². The van der Waals surface area contributed by atoms with Crippen LogP contribution in [0.1, 0.15) is 16.9 Å². The van der Waals surface area contributed by atoms with Gasteiger partial charge in [0.15, 0.2) is 0 Å². The summed E-state index contributed by atoms with van der Waals surface area (Å²) in [6, 6.07) is 8.17. The van der Waals surface area contributed by atoms with Gasteiger partial charge in [-0.1, -0.05) is 6.07 Å². The van der Waals surface area contributed by atoms with Gasteiger partial charge >= 0.3 is 5.56 Å². The van der Waals surface area contributed by atoms with Gasteiger partial charge < -0.3 is 14.7 Å². The molecule has 9 nitrogen and oxygen atoms in total. The summed E-state index contributed by atoms with van der Waals surface area (Å²) in [6.07, 6.45) is 4.59. The van der Waals surface area contributed by atoms with Gasteiger partial charge in [0.25, 0.3) is 0 Å². The zero-order valence-electron chi connectivity index (χ0n) is 19.8. The predicted molar refractivity (Wildman–Crippen MR) is 141 cm³/mol. The molecule has 37 heavy (non-hydrogen) atoms. The van der Waals surface area contributed by atoms with Crippen LogP contribution in [0.5, 0.6) is 5.75 Å². The van der Waals surface area contributed by atoms with Gasteiger partial charge in [-0.25, -0.2) is 18.6 Å². The highest BCUT2D eigenvalue weighted by Gasteiger charge is 2.24. The Morgan fingerprint density at radius 2 is 2.00 bits per heavy atom. The Kier molecular flexibility index (Phi) is 6.39. The van der Waals surface area contributed by atoms with Crippen molar-refractivity contribution >= 4 is 39.3 Å². The molecule has 1 unspecified atom stereocenters. The number of benzene rings is 1. The zero-order valence-corrected chi connectivity index (χ0v) is 21.4. The van der Waals surface area contributed by atoms with E-state index >= 15 is 0 Å². The number of morpholine rings is 1. The zero-order chi connectivity index (χ0) is 25.5. The fourth-order valence-corrected chi connectivity index (χ4v) is 6.90. The topological polar surface area (TPSA) is 100 Å². The Balaban J connectivity index is 1.31. The molecule has 192 valence electrons. The largest absolute Gasteiger partial charge is 0.501 e. The number of fused-ring (bicyclic) bond motifs is 1. The minimum absolute atomic E-state index is 0.125. The molecule has 3 aromatic heterocycles. The van der Waals surface area contributed by atoms with Crippen LogP contribution in [0.2, 0.25) is 0 Å². The number of aromatic hydroxyl groups is 1. The molecule has 0 bridgehead atoms. The van der Waals surface area contributed by atoms with E-state index in [4.69, 9.17) is 4.74 Å². The van der Waals surface area contributed by atoms with Crippen molar-refractivity contribution in [3.05, 3.63) is 69.3 Å². The monoisotopic (exact) mass is 541 g/mol. The highest BCUT2D eigenvalue weighted by atomic mass is 32.2. The molecule has 1 atom stereocenters. The van der Waals surface area contributed by atoms with Crippen LogP contribution in [-0.2, 0) is 22.1 Å². The van der Waals surface area contributed by atoms with Crippen molar-refractivity contribution in [2.75, 3.05) is 47.8 Å². The average Bonchev–Trinajstić information content (AvgIpc) is 3.56. The highest BCUT2D eigenvalue weighted by molar-refractivity contribution is 7.86. The van der Waals surface area contributed by atoms with E-state index < -0.39 is 22.3 Å². The second kappa shape index (κ2) is 9.84. The van der Waals surface area contributed by atoms with Crippen LogP contribution in [-0.4, -0.2) is 62.3 Å². The molecule has 0 aliphatic carbocycles. The second-order valence-corrected chi connectivity index (χ2v) is 11.5. The van der Waals surface area contributed by atoms with E-state index in [1.807, 2.05) is 6.07 Å². The number of halogens is 1. The molecule has 0 radical (unpaired) electrons. The highest BCUT2D eigenvalue weighted by Crippen LogP contribution is 2.33. The number of thiazole rings is 1. The lowest BCUT2D eigenvalue weighted by molar-refractivity contribution is 0.122. The van der Waals surface area contributed by atoms with Crippen molar-refractivity contribution in [2.24, 2.45) is 0 Å². The van der Waals surface area contributed by atoms with Gasteiger partial charge in [-0.05, 0) is 36.2 Å². The summed E-state index contributed by atoms with van der Waals surface area (Å²) in [5.41, 5.74) is 2.27. The molecule has 1 N–H and O–H groups in total. The lowest BCUT2D eigenvalue weighted by Gasteiger charge is -2.28. The summed E-state index contributed by atoms with van der Waals surface area (Å²) in [5.74, 6) is -0.278. The molecule has 2 aliphatic rings. The first-order valence-corrected chi connectivity index (χ1v) is 14.0. The maximum absolute atomic E-state index is 14.0. The molecule has 1 aromatic carbocycles. The molecule has 2 fully saturated rings. The van der Waals surface area contributed by atoms with Crippen LogP contribution in [0.4, 0.5) is 15.8 Å². The van der Waals surface area contributed by atoms with Crippen molar-refractivity contribution in [1.29, 1.82) is 0 Å². The Morgan fingerprint density at radius 1 is 1.16 bits per heavy atom. The van der Waals surface area contributed by atoms with E-state index in [0.717, 1.165) is 35.6 Å². The maximum Gasteiger partial charge on any atom is 0.300 e. The number of anilines is 2. The third-order valence-electron chi connectivity index (χ3n) is 6.52. The van der Waals surface area contributed by atoms with Gasteiger partial charge in [-0.2, -0.15) is 0 Å². The average molecular weight is 542 g/mol. The number of rotatable bonds is 5. The molecule has 5 heterocycles. The van der Waals surface area contributed by atoms with Crippen molar-refractivity contribution in [1.82, 2.24) is 14.4 Å². The fraction of sp³-hybridized carbons (Fsp3) is 0.320. The van der Waals surface area contributed by atoms with Gasteiger partial charge in [-0.3, -0.25) is 13.5 Å². The minimum Gasteiger partial charge on any atom is -0.501 e. The molecule has 0 saturated carbocycles. The van der Waals surface area contributed by atoms with E-state index in [1.54, 1.807) is 28.8 Å². The summed E-state index contributed by atoms with van der Waals surface area (Å²) in [7, 11) is -1.17. The normalized spacial score (nSPS) is 18.1. The first-order chi connectivity index (χ1) is 18.0. The van der Waals surface area contributed by atoms with E-state index in [0.29, 0.717) is 48.3 Å². The van der Waals surface area contributed by atoms with E-state index in [1.165, 1.54) is 27.9 Å². The summed E-state index contributed by atoms with van der Waals surface area (Å²) in [4.78, 5) is 25.0. The summed E-state index contributed by atoms with van der Waals surface area (Å²) in [5, 5.41) is 11.2. The van der Waals surface area contributed by atoms with Crippen LogP contribution in [0.3, 0.4) is 0 Å². The first kappa shape index (κ1) is 24.0. The number of hydrogen-bond acceptors (Lipinski definition) is 8. The number of aromatic nitrogens is 3. The van der Waals surface area contributed by atoms with Crippen molar-refractivity contribution in [3.8, 4) is 16.5 Å². The Bertz CT molecular complexity index is 1570. The van der Waals surface area contributed by atoms with Gasteiger partial charge in [0.2, 0.25) is 5.75 Å². The smallest absolute Gasteiger partial charge is 0.300 e. The van der Waals surface area contributed by atoms with Crippen LogP contribution in [0, 0.1) is 5.82 Å². The standard InChI is InChI=1S/C25H24FN5O4S2/c26-17-3-2-16(20(13-17)31-6-1-11-37(31)34)12-19-14-27-24(36-19)22-23(32)25(33)30-15-18(4-5-21(30)28-22)29-7-9-35-10-8-29/h2-5,13-15,32H,1,6-12H2. The minimum atomic E-state index is -1.17. The Morgan fingerprint density at radius 3 is 2.78 bits per heavy atom. The van der Waals surface area contributed by atoms with Crippen molar-refractivity contribution in [3.63, 3.8) is 0 Å². The van der Waals surface area contributed by atoms with Gasteiger partial charge in [0.1, 0.15) is 33.2 Å². The third-order valence-corrected chi connectivity index (χ3v) is 9.04. The number of ether oxygens (including phenoxy) is 1. The Hall–Kier alpha value is -3.35. The second-order valence-electron chi connectivity index (χ2n) is 8.89. The molecule has 2 saturated heterocycles. The number of hydrogen-bond donors (Lipinski definition) is 1. The molecular formula is C25H24FN5O4S2. The third kappa shape index (κ3) is 4.60. The molecule has 2 aliphatic heterocycles. The molecule has 0 spiro atoms. The van der Waals surface area contributed by atoms with Crippen LogP contribution in [0.25, 0.3) is 16.3 Å². The van der Waals surface area contributed by atoms with Crippen molar-refractivity contribution in [2.45, 2.75) is 12.8 Å². The van der Waals surface area contributed by atoms with E-state index in [2.05, 4.69) is 14.9 Å². The van der Waals surface area contributed by atoms with Gasteiger partial charge in [0.05, 0.1) is 24.6 Å². The van der Waals surface area contributed by atoms with Crippen LogP contribution < -0.4 is 14.8 Å². The molecule has 4 aromatic rings. The molecule has 6 rings (SSSR count). The fourth-order valence-electron chi connectivity index (χ4n) is 4.65. The number of nitrogens with zero attached hydrogens (tertiary/aromatic N) is 5. The SMILES string of the molecule is O=c1c(O)c(-c2ncc(Cc3ccc(F)cc3N3CCCS3=O)s2)nc2ccc(N3CCOCC3)cn12. The quantitative estimate of drug-likeness (QED) is 0.415. The summed E-state index contributed by atoms with van der Waals surface area (Å²) in [6.45, 7) is 3.31. The van der Waals surface area contributed by atoms with Gasteiger partial charge in [-0.15, -0.1) is 11.3 Å². The van der Waals surface area contributed by atoms with Gasteiger partial charge in [0, 0.05) is 49.1 Å². The van der Waals surface area contributed by atoms with Crippen molar-refractivity contribution < 1.29 is 18.4 Å². The maximum atomic E-state index is 14.0. The summed E-state index contributed by atoms with van der Waals surface area (Å²) >= 11 is 1.30. The van der Waals surface area contributed by atoms with E-state index in [-0.39, 0.29) is 11.5 Å². The van der Waals surface area contributed by atoms with Crippen LogP contribution in [0.15, 0.2) is 47.5 Å². The predicted octanol–water partition coefficient (Wildman–Crippen LogP) is 2.96. The lowest BCUT2D eigenvalue weighted by Crippen LogP contribution is -2.36.